The zero-order valence-electron chi connectivity index (χ0n) is 12.3. The second kappa shape index (κ2) is 6.57. The number of halogens is 1. The SMILES string of the molecule is O[C@](Cc1ccccc1F)(c1ccccc1)C1CNCCO1. The standard InChI is InChI=1S/C18H20FNO2/c19-16-9-5-4-6-14(16)12-18(21,15-7-2-1-3-8-15)17-13-20-10-11-22-17/h1-9,17,20-21H,10-13H2/t17?,18-/m1/s1. The quantitative estimate of drug-likeness (QED) is 0.910. The van der Waals surface area contributed by atoms with Gasteiger partial charge in [-0.15, -0.1) is 0 Å². The van der Waals surface area contributed by atoms with Gasteiger partial charge in [0.2, 0.25) is 0 Å². The van der Waals surface area contributed by atoms with Gasteiger partial charge in [-0.3, -0.25) is 0 Å². The van der Waals surface area contributed by atoms with Crippen molar-refractivity contribution in [3.63, 3.8) is 0 Å². The number of nitrogens with one attached hydrogen (secondary N) is 1. The number of benzene rings is 2. The first-order valence-electron chi connectivity index (χ1n) is 7.54. The van der Waals surface area contributed by atoms with Crippen LogP contribution in [-0.4, -0.2) is 30.9 Å². The summed E-state index contributed by atoms with van der Waals surface area (Å²) < 4.78 is 19.8. The van der Waals surface area contributed by atoms with Gasteiger partial charge in [-0.2, -0.15) is 0 Å². The zero-order chi connectivity index (χ0) is 15.4. The van der Waals surface area contributed by atoms with Gasteiger partial charge in [0.1, 0.15) is 17.5 Å². The van der Waals surface area contributed by atoms with Crippen LogP contribution in [0.5, 0.6) is 0 Å². The minimum Gasteiger partial charge on any atom is -0.382 e. The van der Waals surface area contributed by atoms with E-state index in [4.69, 9.17) is 4.74 Å². The molecule has 4 heteroatoms. The first-order chi connectivity index (χ1) is 10.7. The number of rotatable bonds is 4. The Labute approximate surface area is 129 Å². The molecule has 1 aliphatic rings. The Morgan fingerprint density at radius 3 is 2.55 bits per heavy atom. The van der Waals surface area contributed by atoms with Crippen molar-refractivity contribution in [2.45, 2.75) is 18.1 Å². The van der Waals surface area contributed by atoms with Crippen LogP contribution >= 0.6 is 0 Å². The van der Waals surface area contributed by atoms with Crippen LogP contribution in [-0.2, 0) is 16.8 Å². The third kappa shape index (κ3) is 3.04. The number of aliphatic hydroxyl groups is 1. The normalized spacial score (nSPS) is 21.3. The van der Waals surface area contributed by atoms with Crippen molar-refractivity contribution in [3.8, 4) is 0 Å². The molecule has 0 aliphatic carbocycles. The Hall–Kier alpha value is -1.75. The lowest BCUT2D eigenvalue weighted by Crippen LogP contribution is -2.52. The summed E-state index contributed by atoms with van der Waals surface area (Å²) in [6, 6.07) is 15.9. The monoisotopic (exact) mass is 301 g/mol. The van der Waals surface area contributed by atoms with Gasteiger partial charge in [-0.25, -0.2) is 4.39 Å². The van der Waals surface area contributed by atoms with Crippen LogP contribution in [0, 0.1) is 5.82 Å². The van der Waals surface area contributed by atoms with Crippen molar-refractivity contribution < 1.29 is 14.2 Å². The second-order valence-electron chi connectivity index (χ2n) is 5.62. The third-order valence-corrected chi connectivity index (χ3v) is 4.15. The largest absolute Gasteiger partial charge is 0.382 e. The van der Waals surface area contributed by atoms with Gasteiger partial charge < -0.3 is 15.2 Å². The molecule has 0 amide bonds. The molecule has 0 spiro atoms. The molecule has 2 N–H and O–H groups in total. The highest BCUT2D eigenvalue weighted by molar-refractivity contribution is 5.29. The minimum absolute atomic E-state index is 0.177. The van der Waals surface area contributed by atoms with Gasteiger partial charge in [0.05, 0.1) is 6.61 Å². The molecule has 0 radical (unpaired) electrons. The first kappa shape index (κ1) is 15.2. The van der Waals surface area contributed by atoms with Gasteiger partial charge in [0.15, 0.2) is 0 Å². The van der Waals surface area contributed by atoms with Crippen LogP contribution in [0.1, 0.15) is 11.1 Å². The average molecular weight is 301 g/mol. The molecule has 2 aromatic carbocycles. The van der Waals surface area contributed by atoms with Crippen LogP contribution in [0.4, 0.5) is 4.39 Å². The van der Waals surface area contributed by atoms with E-state index in [0.717, 1.165) is 12.1 Å². The van der Waals surface area contributed by atoms with Gasteiger partial charge >= 0.3 is 0 Å². The van der Waals surface area contributed by atoms with E-state index in [2.05, 4.69) is 5.32 Å². The van der Waals surface area contributed by atoms with Crippen molar-refractivity contribution >= 4 is 0 Å². The molecule has 1 heterocycles. The van der Waals surface area contributed by atoms with Gasteiger partial charge in [0, 0.05) is 19.5 Å². The number of hydrogen-bond acceptors (Lipinski definition) is 3. The van der Waals surface area contributed by atoms with E-state index >= 15 is 0 Å². The highest BCUT2D eigenvalue weighted by Crippen LogP contribution is 2.32. The number of hydrogen-bond donors (Lipinski definition) is 2. The average Bonchev–Trinajstić information content (AvgIpc) is 2.58. The Morgan fingerprint density at radius 1 is 1.14 bits per heavy atom. The molecule has 0 aromatic heterocycles. The Bertz CT molecular complexity index is 613. The summed E-state index contributed by atoms with van der Waals surface area (Å²) >= 11 is 0. The smallest absolute Gasteiger partial charge is 0.126 e. The van der Waals surface area contributed by atoms with Crippen LogP contribution in [0.3, 0.4) is 0 Å². The summed E-state index contributed by atoms with van der Waals surface area (Å²) in [6.07, 6.45) is -0.237. The van der Waals surface area contributed by atoms with E-state index < -0.39 is 11.7 Å². The van der Waals surface area contributed by atoms with Crippen molar-refractivity contribution in [2.75, 3.05) is 19.7 Å². The summed E-state index contributed by atoms with van der Waals surface area (Å²) in [5.74, 6) is -0.305. The molecule has 116 valence electrons. The van der Waals surface area contributed by atoms with E-state index in [0.29, 0.717) is 18.7 Å². The molecule has 1 fully saturated rings. The topological polar surface area (TPSA) is 41.5 Å². The van der Waals surface area contributed by atoms with E-state index in [1.54, 1.807) is 18.2 Å². The first-order valence-corrected chi connectivity index (χ1v) is 7.54. The van der Waals surface area contributed by atoms with Crippen LogP contribution < -0.4 is 5.32 Å². The molecule has 1 aliphatic heterocycles. The maximum absolute atomic E-state index is 14.0. The summed E-state index contributed by atoms with van der Waals surface area (Å²) in [4.78, 5) is 0. The second-order valence-corrected chi connectivity index (χ2v) is 5.62. The Balaban J connectivity index is 1.97. The van der Waals surface area contributed by atoms with Crippen molar-refractivity contribution in [1.29, 1.82) is 0 Å². The molecule has 1 unspecified atom stereocenters. The lowest BCUT2D eigenvalue weighted by molar-refractivity contribution is -0.124. The fraction of sp³-hybridized carbons (Fsp3) is 0.333. The van der Waals surface area contributed by atoms with Crippen molar-refractivity contribution in [2.24, 2.45) is 0 Å². The van der Waals surface area contributed by atoms with Gasteiger partial charge in [0.25, 0.3) is 0 Å². The molecular weight excluding hydrogens is 281 g/mol. The highest BCUT2D eigenvalue weighted by Gasteiger charge is 2.40. The van der Waals surface area contributed by atoms with Gasteiger partial charge in [-0.05, 0) is 17.2 Å². The summed E-state index contributed by atoms with van der Waals surface area (Å²) in [7, 11) is 0. The molecule has 1 saturated heterocycles. The van der Waals surface area contributed by atoms with Crippen molar-refractivity contribution in [3.05, 3.63) is 71.5 Å². The van der Waals surface area contributed by atoms with E-state index in [1.165, 1.54) is 6.07 Å². The molecule has 0 bridgehead atoms. The fourth-order valence-corrected chi connectivity index (χ4v) is 2.93. The van der Waals surface area contributed by atoms with E-state index in [9.17, 15) is 9.50 Å². The van der Waals surface area contributed by atoms with Crippen LogP contribution in [0.25, 0.3) is 0 Å². The summed E-state index contributed by atoms with van der Waals surface area (Å²) in [6.45, 7) is 1.85. The Morgan fingerprint density at radius 2 is 1.86 bits per heavy atom. The lowest BCUT2D eigenvalue weighted by Gasteiger charge is -2.39. The molecule has 2 atom stereocenters. The molecule has 3 rings (SSSR count). The lowest BCUT2D eigenvalue weighted by atomic mass is 9.82. The van der Waals surface area contributed by atoms with Gasteiger partial charge in [-0.1, -0.05) is 48.5 Å². The predicted molar refractivity (Wildman–Crippen MR) is 83.1 cm³/mol. The Kier molecular flexibility index (Phi) is 4.52. The minimum atomic E-state index is -1.27. The molecule has 22 heavy (non-hydrogen) atoms. The summed E-state index contributed by atoms with van der Waals surface area (Å²) in [5.41, 5.74) is -0.0355. The molecule has 3 nitrogen and oxygen atoms in total. The summed E-state index contributed by atoms with van der Waals surface area (Å²) in [5, 5.41) is 14.6. The maximum atomic E-state index is 14.0. The number of ether oxygens (including phenoxy) is 1. The fourth-order valence-electron chi connectivity index (χ4n) is 2.93. The van der Waals surface area contributed by atoms with Crippen molar-refractivity contribution in [1.82, 2.24) is 5.32 Å². The van der Waals surface area contributed by atoms with Crippen LogP contribution in [0.15, 0.2) is 54.6 Å². The highest BCUT2D eigenvalue weighted by atomic mass is 19.1. The third-order valence-electron chi connectivity index (χ3n) is 4.15. The number of morpholine rings is 1. The van der Waals surface area contributed by atoms with E-state index in [1.807, 2.05) is 30.3 Å². The van der Waals surface area contributed by atoms with E-state index in [-0.39, 0.29) is 12.2 Å². The molecular formula is C18H20FNO2. The molecule has 0 saturated carbocycles. The maximum Gasteiger partial charge on any atom is 0.126 e. The predicted octanol–water partition coefficient (Wildman–Crippen LogP) is 2.24. The van der Waals surface area contributed by atoms with Crippen LogP contribution in [0.2, 0.25) is 0 Å². The molecule has 2 aromatic rings. The zero-order valence-corrected chi connectivity index (χ0v) is 12.3.